The van der Waals surface area contributed by atoms with Crippen molar-refractivity contribution < 1.29 is 13.2 Å². The van der Waals surface area contributed by atoms with Crippen LogP contribution in [0.15, 0.2) is 70.9 Å². The predicted octanol–water partition coefficient (Wildman–Crippen LogP) is 4.00. The van der Waals surface area contributed by atoms with E-state index in [4.69, 9.17) is 0 Å². The van der Waals surface area contributed by atoms with E-state index >= 15 is 0 Å². The Bertz CT molecular complexity index is 1270. The van der Waals surface area contributed by atoms with Crippen LogP contribution in [0.1, 0.15) is 21.5 Å². The van der Waals surface area contributed by atoms with Crippen molar-refractivity contribution in [3.05, 3.63) is 81.5 Å². The number of aromatic nitrogens is 1. The first-order valence-corrected chi connectivity index (χ1v) is 12.3. The third-order valence-corrected chi connectivity index (χ3v) is 7.69. The van der Waals surface area contributed by atoms with Crippen molar-refractivity contribution in [2.45, 2.75) is 24.4 Å². The van der Waals surface area contributed by atoms with Crippen LogP contribution < -0.4 is 10.0 Å². The number of sulfonamides is 1. The Morgan fingerprint density at radius 1 is 1.10 bits per heavy atom. The van der Waals surface area contributed by atoms with E-state index in [9.17, 15) is 13.2 Å². The van der Waals surface area contributed by atoms with Gasteiger partial charge >= 0.3 is 0 Å². The van der Waals surface area contributed by atoms with Crippen LogP contribution in [0.25, 0.3) is 10.2 Å². The molecule has 0 saturated heterocycles. The highest BCUT2D eigenvalue weighted by molar-refractivity contribution is 7.89. The lowest BCUT2D eigenvalue weighted by Crippen LogP contribution is -2.40. The summed E-state index contributed by atoms with van der Waals surface area (Å²) in [5, 5.41) is 5.62. The second kappa shape index (κ2) is 8.65. The van der Waals surface area contributed by atoms with Crippen LogP contribution in [0.5, 0.6) is 0 Å². The molecule has 2 N–H and O–H groups in total. The van der Waals surface area contributed by atoms with E-state index in [1.807, 2.05) is 30.5 Å². The van der Waals surface area contributed by atoms with Crippen molar-refractivity contribution in [3.63, 3.8) is 0 Å². The average molecular weight is 458 g/mol. The summed E-state index contributed by atoms with van der Waals surface area (Å²) < 4.78 is 29.6. The Kier molecular flexibility index (Phi) is 5.96. The van der Waals surface area contributed by atoms with Crippen molar-refractivity contribution in [2.24, 2.45) is 0 Å². The molecule has 4 rings (SSSR count). The molecule has 0 aliphatic carbocycles. The summed E-state index contributed by atoms with van der Waals surface area (Å²) in [6.07, 6.45) is 0. The number of fused-ring (bicyclic) bond motifs is 1. The summed E-state index contributed by atoms with van der Waals surface area (Å²) in [5.74, 6) is -0.409. The van der Waals surface area contributed by atoms with Gasteiger partial charge in [0.15, 0.2) is 0 Å². The quantitative estimate of drug-likeness (QED) is 0.439. The summed E-state index contributed by atoms with van der Waals surface area (Å²) in [7, 11) is -3.94. The van der Waals surface area contributed by atoms with E-state index in [0.717, 1.165) is 20.1 Å². The molecule has 0 aliphatic heterocycles. The minimum absolute atomic E-state index is 0.102. The monoisotopic (exact) mass is 457 g/mol. The smallest absolute Gasteiger partial charge is 0.243 e. The molecule has 2 aromatic heterocycles. The zero-order chi connectivity index (χ0) is 21.1. The summed E-state index contributed by atoms with van der Waals surface area (Å²) in [6.45, 7) is 2.22. The normalized spacial score (nSPS) is 12.7. The van der Waals surface area contributed by atoms with Gasteiger partial charge in [-0.25, -0.2) is 13.4 Å². The number of nitrogens with one attached hydrogen (secondary N) is 2. The fourth-order valence-corrected chi connectivity index (χ4v) is 5.81. The molecule has 30 heavy (non-hydrogen) atoms. The molecule has 9 heteroatoms. The van der Waals surface area contributed by atoms with Crippen LogP contribution in [0, 0.1) is 6.92 Å². The van der Waals surface area contributed by atoms with E-state index < -0.39 is 22.0 Å². The zero-order valence-electron chi connectivity index (χ0n) is 16.0. The van der Waals surface area contributed by atoms with Crippen molar-refractivity contribution in [1.29, 1.82) is 0 Å². The number of hydrogen-bond acceptors (Lipinski definition) is 6. The van der Waals surface area contributed by atoms with E-state index in [0.29, 0.717) is 12.1 Å². The predicted molar refractivity (Wildman–Crippen MR) is 120 cm³/mol. The summed E-state index contributed by atoms with van der Waals surface area (Å²) in [4.78, 5) is 18.4. The SMILES string of the molecule is Cc1nc2ccc(S(=O)(=O)NC(C(=O)NCc3cccs3)c3ccccc3)cc2s1. The standard InChI is InChI=1S/C21H19N3O3S3/c1-14-23-18-10-9-17(12-19(18)29-14)30(26,27)24-20(15-6-3-2-4-7-15)21(25)22-13-16-8-5-11-28-16/h2-12,20,24H,13H2,1H3,(H,22,25). The number of nitrogens with zero attached hydrogens (tertiary/aromatic N) is 1. The molecule has 1 atom stereocenters. The molecule has 2 aromatic carbocycles. The molecule has 0 bridgehead atoms. The molecule has 0 saturated carbocycles. The highest BCUT2D eigenvalue weighted by Crippen LogP contribution is 2.26. The summed E-state index contributed by atoms with van der Waals surface area (Å²) in [5.41, 5.74) is 1.32. The Balaban J connectivity index is 1.61. The van der Waals surface area contributed by atoms with Crippen LogP contribution in [0.3, 0.4) is 0 Å². The second-order valence-corrected chi connectivity index (χ2v) is 10.6. The van der Waals surface area contributed by atoms with Crippen molar-refractivity contribution in [3.8, 4) is 0 Å². The van der Waals surface area contributed by atoms with Crippen LogP contribution in [0.4, 0.5) is 0 Å². The van der Waals surface area contributed by atoms with E-state index in [1.165, 1.54) is 28.7 Å². The number of hydrogen-bond donors (Lipinski definition) is 2. The van der Waals surface area contributed by atoms with Gasteiger partial charge in [-0.3, -0.25) is 4.79 Å². The second-order valence-electron chi connectivity index (χ2n) is 6.62. The Morgan fingerprint density at radius 3 is 2.63 bits per heavy atom. The molecule has 0 fully saturated rings. The topological polar surface area (TPSA) is 88.2 Å². The van der Waals surface area contributed by atoms with Crippen molar-refractivity contribution in [1.82, 2.24) is 15.0 Å². The Morgan fingerprint density at radius 2 is 1.90 bits per heavy atom. The van der Waals surface area contributed by atoms with Gasteiger partial charge < -0.3 is 5.32 Å². The number of carbonyl (C=O) groups is 1. The van der Waals surface area contributed by atoms with Crippen LogP contribution in [-0.4, -0.2) is 19.3 Å². The van der Waals surface area contributed by atoms with Crippen LogP contribution in [0.2, 0.25) is 0 Å². The first-order valence-electron chi connectivity index (χ1n) is 9.17. The van der Waals surface area contributed by atoms with Gasteiger partial charge in [0, 0.05) is 4.88 Å². The fraction of sp³-hybridized carbons (Fsp3) is 0.143. The summed E-state index contributed by atoms with van der Waals surface area (Å²) in [6, 6.07) is 16.4. The van der Waals surface area contributed by atoms with Gasteiger partial charge in [0.1, 0.15) is 6.04 Å². The first kappa shape index (κ1) is 20.7. The number of benzene rings is 2. The number of rotatable bonds is 7. The van der Waals surface area contributed by atoms with Gasteiger partial charge in [0.25, 0.3) is 0 Å². The molecule has 6 nitrogen and oxygen atoms in total. The first-order chi connectivity index (χ1) is 14.4. The van der Waals surface area contributed by atoms with Crippen LogP contribution in [-0.2, 0) is 21.4 Å². The summed E-state index contributed by atoms with van der Waals surface area (Å²) >= 11 is 2.96. The third-order valence-electron chi connectivity index (χ3n) is 4.46. The largest absolute Gasteiger partial charge is 0.350 e. The molecular formula is C21H19N3O3S3. The minimum Gasteiger partial charge on any atom is -0.350 e. The number of thiazole rings is 1. The maximum atomic E-state index is 13.1. The molecule has 0 radical (unpaired) electrons. The van der Waals surface area contributed by atoms with Gasteiger partial charge in [-0.05, 0) is 42.1 Å². The molecule has 0 spiro atoms. The number of thiophene rings is 1. The Hall–Kier alpha value is -2.59. The molecule has 0 aliphatic rings. The average Bonchev–Trinajstić information content (AvgIpc) is 3.38. The number of carbonyl (C=O) groups excluding carboxylic acids is 1. The lowest BCUT2D eigenvalue weighted by Gasteiger charge is -2.19. The zero-order valence-corrected chi connectivity index (χ0v) is 18.5. The van der Waals surface area contributed by atoms with E-state index in [1.54, 1.807) is 36.4 Å². The molecule has 2 heterocycles. The maximum absolute atomic E-state index is 13.1. The molecule has 154 valence electrons. The molecule has 1 amide bonds. The lowest BCUT2D eigenvalue weighted by atomic mass is 10.1. The number of aryl methyl sites for hydroxylation is 1. The number of amides is 1. The van der Waals surface area contributed by atoms with Gasteiger partial charge in [-0.2, -0.15) is 4.72 Å². The fourth-order valence-electron chi connectivity index (χ4n) is 3.02. The van der Waals surface area contributed by atoms with E-state index in [-0.39, 0.29) is 4.90 Å². The van der Waals surface area contributed by atoms with Crippen molar-refractivity contribution in [2.75, 3.05) is 0 Å². The lowest BCUT2D eigenvalue weighted by molar-refractivity contribution is -0.123. The van der Waals surface area contributed by atoms with Gasteiger partial charge in [-0.1, -0.05) is 36.4 Å². The Labute approximate surface area is 182 Å². The highest BCUT2D eigenvalue weighted by Gasteiger charge is 2.27. The van der Waals surface area contributed by atoms with Gasteiger partial charge in [-0.15, -0.1) is 22.7 Å². The van der Waals surface area contributed by atoms with E-state index in [2.05, 4.69) is 15.0 Å². The van der Waals surface area contributed by atoms with Crippen LogP contribution >= 0.6 is 22.7 Å². The van der Waals surface area contributed by atoms with Gasteiger partial charge in [0.2, 0.25) is 15.9 Å². The highest BCUT2D eigenvalue weighted by atomic mass is 32.2. The third kappa shape index (κ3) is 4.59. The van der Waals surface area contributed by atoms with Gasteiger partial charge in [0.05, 0.1) is 26.7 Å². The minimum atomic E-state index is -3.94. The molecular weight excluding hydrogens is 438 g/mol. The van der Waals surface area contributed by atoms with Crippen molar-refractivity contribution >= 4 is 48.8 Å². The molecule has 4 aromatic rings. The maximum Gasteiger partial charge on any atom is 0.243 e. The molecule has 1 unspecified atom stereocenters.